The summed E-state index contributed by atoms with van der Waals surface area (Å²) in [4.78, 5) is 12.0. The van der Waals surface area contributed by atoms with Crippen molar-refractivity contribution in [2.24, 2.45) is 0 Å². The molecule has 23 heavy (non-hydrogen) atoms. The monoisotopic (exact) mass is 317 g/mol. The maximum Gasteiger partial charge on any atom is 0.319 e. The van der Waals surface area contributed by atoms with E-state index in [1.165, 1.54) is 0 Å². The molecule has 6 nitrogen and oxygen atoms in total. The van der Waals surface area contributed by atoms with Crippen LogP contribution in [0, 0.1) is 11.6 Å². The number of aromatic nitrogens is 3. The lowest BCUT2D eigenvalue weighted by atomic mass is 10.3. The number of benzene rings is 1. The molecular formula is C15H13F2N5O. The van der Waals surface area contributed by atoms with Crippen molar-refractivity contribution in [1.82, 2.24) is 19.9 Å². The first-order valence-electron chi connectivity index (χ1n) is 6.87. The molecule has 0 radical (unpaired) electrons. The number of urea groups is 1. The Morgan fingerprint density at radius 3 is 2.83 bits per heavy atom. The van der Waals surface area contributed by atoms with Crippen LogP contribution in [0.25, 0.3) is 5.65 Å². The highest BCUT2D eigenvalue weighted by Crippen LogP contribution is 2.16. The number of nitrogens with zero attached hydrogens (tertiary/aromatic N) is 3. The zero-order valence-electron chi connectivity index (χ0n) is 12.1. The second-order valence-corrected chi connectivity index (χ2v) is 4.93. The first-order valence-corrected chi connectivity index (χ1v) is 6.87. The van der Waals surface area contributed by atoms with E-state index in [2.05, 4.69) is 20.8 Å². The topological polar surface area (TPSA) is 71.3 Å². The van der Waals surface area contributed by atoms with Gasteiger partial charge in [-0.1, -0.05) is 6.07 Å². The number of halogens is 2. The number of anilines is 1. The standard InChI is InChI=1S/C15H13F2N5O/c1-9(14-21-20-13-4-2-3-7-22(13)14)18-15(23)19-12-6-5-10(16)8-11(12)17/h2-9H,1H3,(H2,18,19,23). The molecule has 1 atom stereocenters. The number of fused-ring (bicyclic) bond motifs is 1. The number of nitrogens with one attached hydrogen (secondary N) is 2. The number of rotatable bonds is 3. The Hall–Kier alpha value is -3.03. The van der Waals surface area contributed by atoms with Gasteiger partial charge in [0.1, 0.15) is 11.6 Å². The molecule has 2 heterocycles. The van der Waals surface area contributed by atoms with Gasteiger partial charge in [-0.3, -0.25) is 4.40 Å². The lowest BCUT2D eigenvalue weighted by molar-refractivity contribution is 0.248. The van der Waals surface area contributed by atoms with Gasteiger partial charge in [-0.2, -0.15) is 0 Å². The minimum Gasteiger partial charge on any atom is -0.328 e. The summed E-state index contributed by atoms with van der Waals surface area (Å²) in [6.45, 7) is 1.73. The third-order valence-electron chi connectivity index (χ3n) is 3.25. The molecule has 1 aromatic carbocycles. The molecule has 2 N–H and O–H groups in total. The minimum atomic E-state index is -0.847. The van der Waals surface area contributed by atoms with Crippen molar-refractivity contribution in [3.63, 3.8) is 0 Å². The van der Waals surface area contributed by atoms with Crippen LogP contribution in [0.5, 0.6) is 0 Å². The van der Waals surface area contributed by atoms with Crippen LogP contribution in [0.4, 0.5) is 19.3 Å². The largest absolute Gasteiger partial charge is 0.328 e. The average Bonchev–Trinajstić information content (AvgIpc) is 2.94. The van der Waals surface area contributed by atoms with E-state index in [0.717, 1.165) is 12.1 Å². The molecule has 118 valence electrons. The number of amides is 2. The van der Waals surface area contributed by atoms with Crippen LogP contribution in [0.15, 0.2) is 42.6 Å². The molecule has 0 fully saturated rings. The lowest BCUT2D eigenvalue weighted by Crippen LogP contribution is -2.32. The minimum absolute atomic E-state index is 0.109. The Balaban J connectivity index is 1.72. The van der Waals surface area contributed by atoms with E-state index in [9.17, 15) is 13.6 Å². The summed E-state index contributed by atoms with van der Waals surface area (Å²) >= 11 is 0. The predicted molar refractivity (Wildman–Crippen MR) is 79.9 cm³/mol. The van der Waals surface area contributed by atoms with Crippen LogP contribution in [-0.2, 0) is 0 Å². The van der Waals surface area contributed by atoms with Gasteiger partial charge in [0.25, 0.3) is 0 Å². The molecule has 2 amide bonds. The zero-order valence-corrected chi connectivity index (χ0v) is 12.1. The van der Waals surface area contributed by atoms with Gasteiger partial charge in [-0.25, -0.2) is 13.6 Å². The number of carbonyl (C=O) groups excluding carboxylic acids is 1. The second kappa shape index (κ2) is 5.99. The summed E-state index contributed by atoms with van der Waals surface area (Å²) < 4.78 is 28.1. The van der Waals surface area contributed by atoms with Crippen molar-refractivity contribution >= 4 is 17.4 Å². The van der Waals surface area contributed by atoms with Crippen LogP contribution < -0.4 is 10.6 Å². The molecule has 0 saturated carbocycles. The Bertz CT molecular complexity index is 864. The summed E-state index contributed by atoms with van der Waals surface area (Å²) in [7, 11) is 0. The Morgan fingerprint density at radius 1 is 1.22 bits per heavy atom. The molecule has 1 unspecified atom stereocenters. The van der Waals surface area contributed by atoms with Gasteiger partial charge in [-0.15, -0.1) is 10.2 Å². The fourth-order valence-corrected chi connectivity index (χ4v) is 2.17. The van der Waals surface area contributed by atoms with E-state index in [1.54, 1.807) is 23.6 Å². The molecule has 3 rings (SSSR count). The molecule has 0 saturated heterocycles. The van der Waals surface area contributed by atoms with Crippen LogP contribution >= 0.6 is 0 Å². The third kappa shape index (κ3) is 3.10. The molecule has 8 heteroatoms. The van der Waals surface area contributed by atoms with Crippen molar-refractivity contribution in [2.75, 3.05) is 5.32 Å². The fraction of sp³-hybridized carbons (Fsp3) is 0.133. The molecule has 0 bridgehead atoms. The maximum atomic E-state index is 13.5. The Morgan fingerprint density at radius 2 is 2.04 bits per heavy atom. The van der Waals surface area contributed by atoms with Gasteiger partial charge in [-0.05, 0) is 31.2 Å². The van der Waals surface area contributed by atoms with Gasteiger partial charge in [0.05, 0.1) is 11.7 Å². The molecular weight excluding hydrogens is 304 g/mol. The summed E-state index contributed by atoms with van der Waals surface area (Å²) in [6.07, 6.45) is 1.78. The summed E-state index contributed by atoms with van der Waals surface area (Å²) in [6, 6.07) is 7.26. The normalized spacial score (nSPS) is 12.1. The maximum absolute atomic E-state index is 13.5. The van der Waals surface area contributed by atoms with Crippen molar-refractivity contribution < 1.29 is 13.6 Å². The van der Waals surface area contributed by atoms with Crippen molar-refractivity contribution in [3.8, 4) is 0 Å². The fourth-order valence-electron chi connectivity index (χ4n) is 2.17. The molecule has 2 aromatic heterocycles. The van der Waals surface area contributed by atoms with E-state index in [0.29, 0.717) is 17.5 Å². The number of hydrogen-bond acceptors (Lipinski definition) is 3. The van der Waals surface area contributed by atoms with E-state index in [-0.39, 0.29) is 5.69 Å². The predicted octanol–water partition coefficient (Wildman–Crippen LogP) is 2.89. The van der Waals surface area contributed by atoms with Crippen molar-refractivity contribution in [3.05, 3.63) is 60.1 Å². The van der Waals surface area contributed by atoms with Gasteiger partial charge in [0.15, 0.2) is 11.5 Å². The Labute approximate surface area is 130 Å². The third-order valence-corrected chi connectivity index (χ3v) is 3.25. The highest BCUT2D eigenvalue weighted by Gasteiger charge is 2.16. The molecule has 3 aromatic rings. The van der Waals surface area contributed by atoms with Crippen molar-refractivity contribution in [2.45, 2.75) is 13.0 Å². The summed E-state index contributed by atoms with van der Waals surface area (Å²) in [5.41, 5.74) is 0.545. The van der Waals surface area contributed by atoms with Crippen molar-refractivity contribution in [1.29, 1.82) is 0 Å². The molecule has 0 spiro atoms. The quantitative estimate of drug-likeness (QED) is 0.780. The SMILES string of the molecule is CC(NC(=O)Nc1ccc(F)cc1F)c1nnc2ccccn12. The highest BCUT2D eigenvalue weighted by atomic mass is 19.1. The van der Waals surface area contributed by atoms with Crippen LogP contribution in [0.1, 0.15) is 18.8 Å². The van der Waals surface area contributed by atoms with E-state index < -0.39 is 23.7 Å². The second-order valence-electron chi connectivity index (χ2n) is 4.93. The van der Waals surface area contributed by atoms with Crippen LogP contribution in [-0.4, -0.2) is 20.6 Å². The summed E-state index contributed by atoms with van der Waals surface area (Å²) in [5, 5.41) is 13.0. The number of hydrogen-bond donors (Lipinski definition) is 2. The Kier molecular flexibility index (Phi) is 3.88. The summed E-state index contributed by atoms with van der Waals surface area (Å²) in [5.74, 6) is -1.02. The van der Waals surface area contributed by atoms with Gasteiger partial charge < -0.3 is 10.6 Å². The number of carbonyl (C=O) groups is 1. The molecule has 0 aliphatic rings. The number of pyridine rings is 1. The first kappa shape index (κ1) is 14.9. The van der Waals surface area contributed by atoms with E-state index in [1.807, 2.05) is 12.1 Å². The van der Waals surface area contributed by atoms with Gasteiger partial charge in [0.2, 0.25) is 0 Å². The smallest absolute Gasteiger partial charge is 0.319 e. The highest BCUT2D eigenvalue weighted by molar-refractivity contribution is 5.89. The van der Waals surface area contributed by atoms with Gasteiger partial charge in [0, 0.05) is 12.3 Å². The molecule has 0 aliphatic carbocycles. The lowest BCUT2D eigenvalue weighted by Gasteiger charge is -2.13. The van der Waals surface area contributed by atoms with Crippen LogP contribution in [0.3, 0.4) is 0 Å². The van der Waals surface area contributed by atoms with Crippen LogP contribution in [0.2, 0.25) is 0 Å². The van der Waals surface area contributed by atoms with Gasteiger partial charge >= 0.3 is 6.03 Å². The van der Waals surface area contributed by atoms with E-state index >= 15 is 0 Å². The first-order chi connectivity index (χ1) is 11.0. The zero-order chi connectivity index (χ0) is 16.4. The average molecular weight is 317 g/mol. The van der Waals surface area contributed by atoms with E-state index in [4.69, 9.17) is 0 Å². The molecule has 0 aliphatic heterocycles.